The van der Waals surface area contributed by atoms with Crippen LogP contribution in [0.3, 0.4) is 0 Å². The summed E-state index contributed by atoms with van der Waals surface area (Å²) in [7, 11) is 1.56. The van der Waals surface area contributed by atoms with Gasteiger partial charge < -0.3 is 19.5 Å². The molecule has 1 saturated heterocycles. The van der Waals surface area contributed by atoms with Crippen molar-refractivity contribution in [1.82, 2.24) is 4.90 Å². The van der Waals surface area contributed by atoms with Crippen molar-refractivity contribution >= 4 is 23.6 Å². The second-order valence-electron chi connectivity index (χ2n) is 9.65. The molecular weight excluding hydrogens is 448 g/mol. The van der Waals surface area contributed by atoms with Gasteiger partial charge in [0.05, 0.1) is 12.7 Å². The Hall–Kier alpha value is -3.55. The highest BCUT2D eigenvalue weighted by Gasteiger charge is 2.63. The van der Waals surface area contributed by atoms with E-state index in [9.17, 15) is 14.4 Å². The van der Waals surface area contributed by atoms with Crippen LogP contribution in [0.2, 0.25) is 0 Å². The molecule has 0 aliphatic carbocycles. The van der Waals surface area contributed by atoms with Gasteiger partial charge in [-0.2, -0.15) is 0 Å². The third kappa shape index (κ3) is 5.26. The number of nitrogens with one attached hydrogen (secondary N) is 1. The summed E-state index contributed by atoms with van der Waals surface area (Å²) in [6.07, 6.45) is 0.251. The van der Waals surface area contributed by atoms with Crippen molar-refractivity contribution in [2.75, 3.05) is 12.4 Å². The van der Waals surface area contributed by atoms with Crippen LogP contribution in [0.1, 0.15) is 63.4 Å². The third-order valence-corrected chi connectivity index (χ3v) is 6.23. The molecule has 188 valence electrons. The molecule has 1 fully saturated rings. The van der Waals surface area contributed by atoms with Crippen molar-refractivity contribution in [3.63, 3.8) is 0 Å². The van der Waals surface area contributed by atoms with Crippen molar-refractivity contribution in [1.29, 1.82) is 0 Å². The van der Waals surface area contributed by atoms with E-state index < -0.39 is 29.2 Å². The molecule has 3 rings (SSSR count). The zero-order chi connectivity index (χ0) is 26.0. The standard InChI is InChI=1S/C27H34N2O6/c1-8-27(9-2)23(31)29(25(32)28-19-13-10-17(3)21(16-19)33-7)24(27)34-20-14-11-18(12-15-20)22(30)35-26(4,5)6/h10-16,24H,8-9H2,1-7H3,(H,28,32). The van der Waals surface area contributed by atoms with E-state index in [1.54, 1.807) is 64.3 Å². The largest absolute Gasteiger partial charge is 0.496 e. The van der Waals surface area contributed by atoms with E-state index in [1.165, 1.54) is 0 Å². The summed E-state index contributed by atoms with van der Waals surface area (Å²) in [6, 6.07) is 11.2. The van der Waals surface area contributed by atoms with E-state index in [4.69, 9.17) is 14.2 Å². The van der Waals surface area contributed by atoms with Crippen molar-refractivity contribution in [2.24, 2.45) is 5.41 Å². The lowest BCUT2D eigenvalue weighted by Crippen LogP contribution is -2.73. The number of amides is 3. The highest BCUT2D eigenvalue weighted by molar-refractivity contribution is 6.08. The lowest BCUT2D eigenvalue weighted by molar-refractivity contribution is -0.190. The number of anilines is 1. The number of hydrogen-bond acceptors (Lipinski definition) is 6. The van der Waals surface area contributed by atoms with Crippen LogP contribution in [-0.4, -0.2) is 41.7 Å². The molecule has 1 N–H and O–H groups in total. The number of aryl methyl sites for hydroxylation is 1. The predicted molar refractivity (Wildman–Crippen MR) is 133 cm³/mol. The van der Waals surface area contributed by atoms with Gasteiger partial charge in [0.15, 0.2) is 6.23 Å². The van der Waals surface area contributed by atoms with E-state index in [2.05, 4.69) is 5.32 Å². The fraction of sp³-hybridized carbons (Fsp3) is 0.444. The Morgan fingerprint density at radius 2 is 1.69 bits per heavy atom. The number of carbonyl (C=O) groups excluding carboxylic acids is 3. The summed E-state index contributed by atoms with van der Waals surface area (Å²) >= 11 is 0. The Labute approximate surface area is 206 Å². The van der Waals surface area contributed by atoms with E-state index in [0.717, 1.165) is 10.5 Å². The van der Waals surface area contributed by atoms with Crippen LogP contribution < -0.4 is 14.8 Å². The zero-order valence-corrected chi connectivity index (χ0v) is 21.4. The first-order chi connectivity index (χ1) is 16.5. The minimum absolute atomic E-state index is 0.283. The molecule has 0 spiro atoms. The second kappa shape index (κ2) is 9.98. The number of nitrogens with zero attached hydrogens (tertiary/aromatic N) is 1. The number of benzene rings is 2. The Morgan fingerprint density at radius 3 is 2.23 bits per heavy atom. The maximum absolute atomic E-state index is 13.1. The van der Waals surface area contributed by atoms with E-state index in [1.807, 2.05) is 26.8 Å². The first-order valence-corrected chi connectivity index (χ1v) is 11.7. The molecule has 35 heavy (non-hydrogen) atoms. The molecule has 0 bridgehead atoms. The van der Waals surface area contributed by atoms with E-state index in [-0.39, 0.29) is 5.91 Å². The van der Waals surface area contributed by atoms with Gasteiger partial charge in [-0.1, -0.05) is 19.9 Å². The second-order valence-corrected chi connectivity index (χ2v) is 9.65. The molecule has 1 aliphatic rings. The first-order valence-electron chi connectivity index (χ1n) is 11.7. The van der Waals surface area contributed by atoms with Gasteiger partial charge in [-0.3, -0.25) is 4.79 Å². The molecule has 3 amide bonds. The molecule has 8 heteroatoms. The van der Waals surface area contributed by atoms with E-state index >= 15 is 0 Å². The van der Waals surface area contributed by atoms with Crippen LogP contribution in [-0.2, 0) is 9.53 Å². The molecule has 1 aliphatic heterocycles. The lowest BCUT2D eigenvalue weighted by Gasteiger charge is -2.53. The van der Waals surface area contributed by atoms with Crippen molar-refractivity contribution in [3.05, 3.63) is 53.6 Å². The number of carbonyl (C=O) groups is 3. The number of urea groups is 1. The summed E-state index contributed by atoms with van der Waals surface area (Å²) < 4.78 is 16.9. The molecule has 8 nitrogen and oxygen atoms in total. The normalized spacial score (nSPS) is 16.8. The number of methoxy groups -OCH3 is 1. The summed E-state index contributed by atoms with van der Waals surface area (Å²) in [5.74, 6) is 0.353. The quantitative estimate of drug-likeness (QED) is 0.411. The SMILES string of the molecule is CCC1(CC)C(=O)N(C(=O)Nc2ccc(C)c(OC)c2)C1Oc1ccc(C(=O)OC(C)(C)C)cc1. The number of rotatable bonds is 7. The lowest BCUT2D eigenvalue weighted by atomic mass is 9.72. The molecule has 2 aromatic rings. The molecular formula is C27H34N2O6. The maximum atomic E-state index is 13.1. The Kier molecular flexibility index (Phi) is 7.43. The monoisotopic (exact) mass is 482 g/mol. The predicted octanol–water partition coefficient (Wildman–Crippen LogP) is 5.54. The van der Waals surface area contributed by atoms with Gasteiger partial charge in [0.25, 0.3) is 0 Å². The number of ether oxygens (including phenoxy) is 3. The summed E-state index contributed by atoms with van der Waals surface area (Å²) in [5.41, 5.74) is 0.410. The molecule has 0 radical (unpaired) electrons. The number of imide groups is 1. The van der Waals surface area contributed by atoms with Crippen LogP contribution >= 0.6 is 0 Å². The van der Waals surface area contributed by atoms with Crippen LogP contribution in [0, 0.1) is 12.3 Å². The van der Waals surface area contributed by atoms with Gasteiger partial charge in [0, 0.05) is 11.8 Å². The van der Waals surface area contributed by atoms with Gasteiger partial charge in [-0.05, 0) is 76.4 Å². The first kappa shape index (κ1) is 26.1. The topological polar surface area (TPSA) is 94.2 Å². The van der Waals surface area contributed by atoms with Gasteiger partial charge in [0.1, 0.15) is 22.5 Å². The Balaban J connectivity index is 1.80. The fourth-order valence-electron chi connectivity index (χ4n) is 4.12. The molecule has 1 atom stereocenters. The highest BCUT2D eigenvalue weighted by atomic mass is 16.6. The zero-order valence-electron chi connectivity index (χ0n) is 21.4. The van der Waals surface area contributed by atoms with E-state index in [0.29, 0.717) is 35.6 Å². The van der Waals surface area contributed by atoms with Gasteiger partial charge in [-0.25, -0.2) is 14.5 Å². The number of hydrogen-bond donors (Lipinski definition) is 1. The highest BCUT2D eigenvalue weighted by Crippen LogP contribution is 2.46. The van der Waals surface area contributed by atoms with Crippen LogP contribution in [0.4, 0.5) is 10.5 Å². The summed E-state index contributed by atoms with van der Waals surface area (Å²) in [6.45, 7) is 11.1. The van der Waals surface area contributed by atoms with Gasteiger partial charge in [0.2, 0.25) is 5.91 Å². The molecule has 1 heterocycles. The number of esters is 1. The average Bonchev–Trinajstić information content (AvgIpc) is 2.80. The molecule has 2 aromatic carbocycles. The number of likely N-dealkylation sites (tertiary alicyclic amines) is 1. The Bertz CT molecular complexity index is 1100. The molecule has 0 aromatic heterocycles. The van der Waals surface area contributed by atoms with Gasteiger partial charge >= 0.3 is 12.0 Å². The maximum Gasteiger partial charge on any atom is 0.338 e. The summed E-state index contributed by atoms with van der Waals surface area (Å²) in [4.78, 5) is 39.6. The Morgan fingerprint density at radius 1 is 1.06 bits per heavy atom. The van der Waals surface area contributed by atoms with Crippen molar-refractivity contribution in [3.8, 4) is 11.5 Å². The molecule has 1 unspecified atom stereocenters. The fourth-order valence-corrected chi connectivity index (χ4v) is 4.12. The van der Waals surface area contributed by atoms with Crippen molar-refractivity contribution < 1.29 is 28.6 Å². The van der Waals surface area contributed by atoms with Crippen LogP contribution in [0.5, 0.6) is 11.5 Å². The average molecular weight is 483 g/mol. The molecule has 0 saturated carbocycles. The minimum atomic E-state index is -0.813. The van der Waals surface area contributed by atoms with Crippen LogP contribution in [0.25, 0.3) is 0 Å². The minimum Gasteiger partial charge on any atom is -0.496 e. The van der Waals surface area contributed by atoms with Crippen molar-refractivity contribution in [2.45, 2.75) is 66.2 Å². The van der Waals surface area contributed by atoms with Gasteiger partial charge in [-0.15, -0.1) is 0 Å². The van der Waals surface area contributed by atoms with Crippen LogP contribution in [0.15, 0.2) is 42.5 Å². The smallest absolute Gasteiger partial charge is 0.338 e. The number of β-lactam (4-membered cyclic amide) rings is 1. The summed E-state index contributed by atoms with van der Waals surface area (Å²) in [5, 5.41) is 2.77. The third-order valence-electron chi connectivity index (χ3n) is 6.23.